The van der Waals surface area contributed by atoms with Crippen LogP contribution in [-0.2, 0) is 4.79 Å². The van der Waals surface area contributed by atoms with E-state index in [1.165, 1.54) is 44.9 Å². The van der Waals surface area contributed by atoms with Crippen LogP contribution in [0.3, 0.4) is 0 Å². The number of amides is 2. The third-order valence-corrected chi connectivity index (χ3v) is 8.23. The summed E-state index contributed by atoms with van der Waals surface area (Å²) < 4.78 is 0. The van der Waals surface area contributed by atoms with E-state index in [-0.39, 0.29) is 17.9 Å². The van der Waals surface area contributed by atoms with Crippen molar-refractivity contribution in [3.05, 3.63) is 35.4 Å². The Morgan fingerprint density at radius 3 is 2.33 bits per heavy atom. The van der Waals surface area contributed by atoms with E-state index in [0.717, 1.165) is 50.6 Å². The molecular weight excluding hydrogens is 412 g/mol. The highest BCUT2D eigenvalue weighted by atomic mass is 16.2. The number of benzene rings is 1. The quantitative estimate of drug-likeness (QED) is 0.721. The van der Waals surface area contributed by atoms with Crippen molar-refractivity contribution in [3.8, 4) is 0 Å². The zero-order chi connectivity index (χ0) is 22.8. The molecule has 0 spiro atoms. The number of carbonyl (C=O) groups is 2. The van der Waals surface area contributed by atoms with Gasteiger partial charge in [-0.3, -0.25) is 14.5 Å². The minimum absolute atomic E-state index is 0.0133. The Balaban J connectivity index is 1.36. The van der Waals surface area contributed by atoms with Gasteiger partial charge in [0.25, 0.3) is 5.91 Å². The summed E-state index contributed by atoms with van der Waals surface area (Å²) in [5.41, 5.74) is 1.84. The molecule has 5 rings (SSSR count). The molecule has 6 nitrogen and oxygen atoms in total. The molecule has 1 aromatic carbocycles. The minimum atomic E-state index is -0.338. The highest BCUT2D eigenvalue weighted by Gasteiger charge is 2.46. The lowest BCUT2D eigenvalue weighted by Crippen LogP contribution is -2.53. The van der Waals surface area contributed by atoms with Gasteiger partial charge in [-0.1, -0.05) is 37.0 Å². The number of carbonyl (C=O) groups excluding carboxylic acids is 2. The summed E-state index contributed by atoms with van der Waals surface area (Å²) >= 11 is 0. The molecule has 2 unspecified atom stereocenters. The molecule has 2 amide bonds. The average molecular weight is 453 g/mol. The predicted molar refractivity (Wildman–Crippen MR) is 130 cm³/mol. The van der Waals surface area contributed by atoms with Crippen LogP contribution in [0.2, 0.25) is 0 Å². The first-order valence-electron chi connectivity index (χ1n) is 13.2. The van der Waals surface area contributed by atoms with Gasteiger partial charge in [-0.05, 0) is 57.1 Å². The second-order valence-electron chi connectivity index (χ2n) is 10.7. The van der Waals surface area contributed by atoms with Crippen molar-refractivity contribution in [2.75, 3.05) is 39.3 Å². The summed E-state index contributed by atoms with van der Waals surface area (Å²) in [4.78, 5) is 33.8. The fraction of sp³-hybridized carbons (Fsp3) is 0.704. The molecule has 2 aliphatic heterocycles. The number of hydrogen-bond acceptors (Lipinski definition) is 4. The Bertz CT molecular complexity index is 825. The zero-order valence-electron chi connectivity index (χ0n) is 20.2. The molecule has 0 aromatic heterocycles. The third kappa shape index (κ3) is 5.27. The monoisotopic (exact) mass is 452 g/mol. The maximum Gasteiger partial charge on any atom is 0.254 e. The minimum Gasteiger partial charge on any atom is -0.338 e. The zero-order valence-corrected chi connectivity index (χ0v) is 20.2. The summed E-state index contributed by atoms with van der Waals surface area (Å²) in [6.45, 7) is 7.01. The average Bonchev–Trinajstić information content (AvgIpc) is 3.61. The smallest absolute Gasteiger partial charge is 0.254 e. The summed E-state index contributed by atoms with van der Waals surface area (Å²) in [7, 11) is 0. The second-order valence-corrected chi connectivity index (χ2v) is 10.7. The third-order valence-electron chi connectivity index (χ3n) is 8.23. The van der Waals surface area contributed by atoms with Crippen LogP contribution < -0.4 is 5.32 Å². The van der Waals surface area contributed by atoms with Gasteiger partial charge in [0.05, 0.1) is 0 Å². The van der Waals surface area contributed by atoms with E-state index in [2.05, 4.69) is 10.2 Å². The van der Waals surface area contributed by atoms with Crippen LogP contribution in [0.5, 0.6) is 0 Å². The van der Waals surface area contributed by atoms with Crippen molar-refractivity contribution < 1.29 is 9.59 Å². The van der Waals surface area contributed by atoms with E-state index in [1.807, 2.05) is 41.0 Å². The fourth-order valence-corrected chi connectivity index (χ4v) is 6.14. The van der Waals surface area contributed by atoms with Crippen molar-refractivity contribution in [1.82, 2.24) is 20.0 Å². The number of hydrogen-bond donors (Lipinski definition) is 1. The van der Waals surface area contributed by atoms with Gasteiger partial charge in [-0.2, -0.15) is 0 Å². The van der Waals surface area contributed by atoms with Crippen molar-refractivity contribution in [2.24, 2.45) is 5.92 Å². The van der Waals surface area contributed by atoms with E-state index >= 15 is 0 Å². The summed E-state index contributed by atoms with van der Waals surface area (Å²) in [6.07, 6.45) is 10.1. The molecule has 2 heterocycles. The van der Waals surface area contributed by atoms with Crippen LogP contribution in [0.15, 0.2) is 24.3 Å². The first-order valence-corrected chi connectivity index (χ1v) is 13.2. The fourth-order valence-electron chi connectivity index (χ4n) is 6.14. The maximum absolute atomic E-state index is 13.6. The lowest BCUT2D eigenvalue weighted by molar-refractivity contribution is -0.135. The van der Waals surface area contributed by atoms with E-state index in [9.17, 15) is 9.59 Å². The van der Waals surface area contributed by atoms with Crippen LogP contribution >= 0.6 is 0 Å². The van der Waals surface area contributed by atoms with Crippen molar-refractivity contribution in [1.29, 1.82) is 0 Å². The van der Waals surface area contributed by atoms with Crippen LogP contribution in [0.25, 0.3) is 0 Å². The highest BCUT2D eigenvalue weighted by Crippen LogP contribution is 2.37. The molecule has 4 fully saturated rings. The molecule has 1 aromatic rings. The van der Waals surface area contributed by atoms with Gasteiger partial charge >= 0.3 is 0 Å². The van der Waals surface area contributed by atoms with Crippen LogP contribution in [0.4, 0.5) is 0 Å². The molecular formula is C27H40N4O2. The lowest BCUT2D eigenvalue weighted by Gasteiger charge is -2.34. The summed E-state index contributed by atoms with van der Waals surface area (Å²) in [6, 6.07) is 8.43. The van der Waals surface area contributed by atoms with E-state index in [4.69, 9.17) is 0 Å². The topological polar surface area (TPSA) is 55.9 Å². The van der Waals surface area contributed by atoms with Crippen molar-refractivity contribution in [2.45, 2.75) is 76.4 Å². The predicted octanol–water partition coefficient (Wildman–Crippen LogP) is 3.05. The van der Waals surface area contributed by atoms with E-state index in [1.54, 1.807) is 0 Å². The number of piperazine rings is 1. The Morgan fingerprint density at radius 2 is 1.67 bits per heavy atom. The molecule has 6 heteroatoms. The Hall–Kier alpha value is -1.92. The van der Waals surface area contributed by atoms with Gasteiger partial charge in [0, 0.05) is 56.9 Å². The van der Waals surface area contributed by atoms with Gasteiger partial charge in [-0.15, -0.1) is 0 Å². The van der Waals surface area contributed by atoms with Gasteiger partial charge in [-0.25, -0.2) is 0 Å². The van der Waals surface area contributed by atoms with Gasteiger partial charge < -0.3 is 15.1 Å². The van der Waals surface area contributed by atoms with Crippen LogP contribution in [-0.4, -0.2) is 83.9 Å². The van der Waals surface area contributed by atoms with E-state index < -0.39 is 0 Å². The summed E-state index contributed by atoms with van der Waals surface area (Å²) in [5.74, 6) is 0.941. The molecule has 2 saturated carbocycles. The molecule has 180 valence electrons. The lowest BCUT2D eigenvalue weighted by atomic mass is 9.88. The van der Waals surface area contributed by atoms with Crippen molar-refractivity contribution in [3.63, 3.8) is 0 Å². The molecule has 1 N–H and O–H groups in total. The van der Waals surface area contributed by atoms with Gasteiger partial charge in [0.15, 0.2) is 0 Å². The molecule has 0 bridgehead atoms. The normalized spacial score (nSPS) is 26.7. The molecule has 2 atom stereocenters. The molecule has 2 aliphatic carbocycles. The number of aryl methyl sites for hydroxylation is 1. The van der Waals surface area contributed by atoms with Gasteiger partial charge in [0.1, 0.15) is 6.04 Å². The second kappa shape index (κ2) is 10.1. The number of nitrogens with one attached hydrogen (secondary N) is 1. The van der Waals surface area contributed by atoms with E-state index in [0.29, 0.717) is 24.2 Å². The number of nitrogens with zero attached hydrogens (tertiary/aromatic N) is 3. The van der Waals surface area contributed by atoms with Crippen LogP contribution in [0.1, 0.15) is 67.3 Å². The first kappa shape index (κ1) is 22.9. The highest BCUT2D eigenvalue weighted by molar-refractivity contribution is 5.98. The van der Waals surface area contributed by atoms with Crippen LogP contribution in [0, 0.1) is 12.8 Å². The SMILES string of the molecule is Cc1ccc(C(=O)N2CC(N(CC3CCCCC3)C3CC3)CC2C(=O)N2CCNCC2)cc1. The first-order chi connectivity index (χ1) is 16.1. The molecule has 4 aliphatic rings. The molecule has 33 heavy (non-hydrogen) atoms. The Morgan fingerprint density at radius 1 is 0.970 bits per heavy atom. The molecule has 2 saturated heterocycles. The largest absolute Gasteiger partial charge is 0.338 e. The molecule has 0 radical (unpaired) electrons. The number of rotatable bonds is 6. The number of likely N-dealkylation sites (tertiary alicyclic amines) is 1. The van der Waals surface area contributed by atoms with Crippen molar-refractivity contribution >= 4 is 11.8 Å². The summed E-state index contributed by atoms with van der Waals surface area (Å²) in [5, 5.41) is 3.34. The Labute approximate surface area is 198 Å². The van der Waals surface area contributed by atoms with Gasteiger partial charge in [0.2, 0.25) is 5.91 Å². The standard InChI is InChI=1S/C27H40N4O2/c1-20-7-9-22(10-8-20)26(32)31-19-24(17-25(31)27(33)29-15-13-28-14-16-29)30(23-11-12-23)18-21-5-3-2-4-6-21/h7-10,21,23-25,28H,2-6,11-19H2,1H3. The maximum atomic E-state index is 13.6. The Kier molecular flexibility index (Phi) is 7.02.